The van der Waals surface area contributed by atoms with E-state index in [1.165, 1.54) is 24.6 Å². The minimum absolute atomic E-state index is 0.0519. The Morgan fingerprint density at radius 1 is 1.27 bits per heavy atom. The zero-order chi connectivity index (χ0) is 16.3. The minimum atomic E-state index is -3.58. The van der Waals surface area contributed by atoms with Crippen molar-refractivity contribution in [2.24, 2.45) is 0 Å². The first-order valence-electron chi connectivity index (χ1n) is 7.28. The van der Waals surface area contributed by atoms with Crippen LogP contribution in [0.4, 0.5) is 0 Å². The second kappa shape index (κ2) is 6.85. The molecule has 2 rings (SSSR count). The van der Waals surface area contributed by atoms with Crippen molar-refractivity contribution in [3.05, 3.63) is 17.7 Å². The molecule has 0 saturated carbocycles. The van der Waals surface area contributed by atoms with Gasteiger partial charge in [-0.25, -0.2) is 8.42 Å². The molecule has 1 aromatic rings. The molecular formula is C15H23NO5S. The Morgan fingerprint density at radius 3 is 2.50 bits per heavy atom. The second-order valence-corrected chi connectivity index (χ2v) is 7.14. The molecule has 0 spiro atoms. The number of ether oxygens (including phenoxy) is 3. The molecule has 1 aliphatic heterocycles. The van der Waals surface area contributed by atoms with E-state index in [4.69, 9.17) is 14.2 Å². The number of rotatable bonds is 5. The second-order valence-electron chi connectivity index (χ2n) is 5.24. The summed E-state index contributed by atoms with van der Waals surface area (Å²) in [6.07, 6.45) is 0.737. The third-order valence-corrected chi connectivity index (χ3v) is 5.86. The van der Waals surface area contributed by atoms with Gasteiger partial charge >= 0.3 is 0 Å². The van der Waals surface area contributed by atoms with Crippen LogP contribution in [-0.4, -0.2) is 52.7 Å². The number of methoxy groups -OCH3 is 2. The van der Waals surface area contributed by atoms with Crippen LogP contribution in [0.15, 0.2) is 17.0 Å². The molecule has 1 aromatic carbocycles. The topological polar surface area (TPSA) is 65.1 Å². The maximum absolute atomic E-state index is 12.9. The number of morpholine rings is 1. The highest BCUT2D eigenvalue weighted by Gasteiger charge is 2.32. The van der Waals surface area contributed by atoms with E-state index in [2.05, 4.69) is 0 Å². The summed E-state index contributed by atoms with van der Waals surface area (Å²) >= 11 is 0. The zero-order valence-electron chi connectivity index (χ0n) is 13.5. The lowest BCUT2D eigenvalue weighted by Crippen LogP contribution is -2.45. The van der Waals surface area contributed by atoms with Gasteiger partial charge in [0.2, 0.25) is 10.0 Å². The normalized spacial score (nSPS) is 19.9. The van der Waals surface area contributed by atoms with Crippen LogP contribution in [0, 0.1) is 6.92 Å². The van der Waals surface area contributed by atoms with Crippen LogP contribution in [0.1, 0.15) is 18.9 Å². The van der Waals surface area contributed by atoms with E-state index in [0.29, 0.717) is 36.8 Å². The van der Waals surface area contributed by atoms with Crippen LogP contribution in [0.2, 0.25) is 0 Å². The Hall–Kier alpha value is -1.31. The van der Waals surface area contributed by atoms with Crippen LogP contribution < -0.4 is 9.47 Å². The molecule has 6 nitrogen and oxygen atoms in total. The lowest BCUT2D eigenvalue weighted by molar-refractivity contribution is -0.00279. The van der Waals surface area contributed by atoms with Crippen molar-refractivity contribution in [3.8, 4) is 11.5 Å². The molecule has 0 radical (unpaired) electrons. The first-order valence-corrected chi connectivity index (χ1v) is 8.72. The van der Waals surface area contributed by atoms with Gasteiger partial charge in [0.05, 0.1) is 31.8 Å². The summed E-state index contributed by atoms with van der Waals surface area (Å²) in [6.45, 7) is 4.92. The molecule has 0 amide bonds. The maximum Gasteiger partial charge on any atom is 0.243 e. The summed E-state index contributed by atoms with van der Waals surface area (Å²) in [5, 5.41) is 0. The van der Waals surface area contributed by atoms with Crippen LogP contribution >= 0.6 is 0 Å². The number of hydrogen-bond donors (Lipinski definition) is 0. The number of hydrogen-bond acceptors (Lipinski definition) is 5. The van der Waals surface area contributed by atoms with E-state index in [1.54, 1.807) is 13.0 Å². The van der Waals surface area contributed by atoms with Crippen LogP contribution in [-0.2, 0) is 14.8 Å². The molecule has 0 aliphatic carbocycles. The van der Waals surface area contributed by atoms with Crippen LogP contribution in [0.5, 0.6) is 11.5 Å². The van der Waals surface area contributed by atoms with Crippen molar-refractivity contribution in [3.63, 3.8) is 0 Å². The molecule has 1 saturated heterocycles. The van der Waals surface area contributed by atoms with Gasteiger partial charge in [-0.2, -0.15) is 4.31 Å². The summed E-state index contributed by atoms with van der Waals surface area (Å²) in [5.74, 6) is 0.930. The van der Waals surface area contributed by atoms with Crippen molar-refractivity contribution < 1.29 is 22.6 Å². The van der Waals surface area contributed by atoms with Gasteiger partial charge in [-0.1, -0.05) is 6.92 Å². The molecular weight excluding hydrogens is 306 g/mol. The summed E-state index contributed by atoms with van der Waals surface area (Å²) in [4.78, 5) is 0.252. The van der Waals surface area contributed by atoms with Gasteiger partial charge in [0.25, 0.3) is 0 Å². The molecule has 22 heavy (non-hydrogen) atoms. The quantitative estimate of drug-likeness (QED) is 0.824. The van der Waals surface area contributed by atoms with Crippen LogP contribution in [0.3, 0.4) is 0 Å². The number of nitrogens with zero attached hydrogens (tertiary/aromatic N) is 1. The lowest BCUT2D eigenvalue weighted by Gasteiger charge is -2.32. The summed E-state index contributed by atoms with van der Waals surface area (Å²) in [5.41, 5.74) is 0.636. The van der Waals surface area contributed by atoms with E-state index >= 15 is 0 Å². The lowest BCUT2D eigenvalue weighted by atomic mass is 10.2. The number of benzene rings is 1. The van der Waals surface area contributed by atoms with E-state index in [-0.39, 0.29) is 11.0 Å². The van der Waals surface area contributed by atoms with Crippen molar-refractivity contribution >= 4 is 10.0 Å². The van der Waals surface area contributed by atoms with E-state index in [0.717, 1.165) is 6.42 Å². The predicted molar refractivity (Wildman–Crippen MR) is 83.1 cm³/mol. The first-order chi connectivity index (χ1) is 10.4. The van der Waals surface area contributed by atoms with E-state index in [1.807, 2.05) is 6.92 Å². The Bertz CT molecular complexity index is 629. The Morgan fingerprint density at radius 2 is 1.91 bits per heavy atom. The number of aryl methyl sites for hydroxylation is 1. The molecule has 124 valence electrons. The van der Waals surface area contributed by atoms with Gasteiger partial charge in [-0.3, -0.25) is 0 Å². The molecule has 0 N–H and O–H groups in total. The average molecular weight is 329 g/mol. The first kappa shape index (κ1) is 17.1. The molecule has 1 atom stereocenters. The smallest absolute Gasteiger partial charge is 0.243 e. The Balaban J connectivity index is 2.40. The van der Waals surface area contributed by atoms with Gasteiger partial charge in [0.15, 0.2) is 11.5 Å². The molecule has 1 heterocycles. The van der Waals surface area contributed by atoms with Gasteiger partial charge in [-0.15, -0.1) is 0 Å². The molecule has 1 fully saturated rings. The van der Waals surface area contributed by atoms with E-state index in [9.17, 15) is 8.42 Å². The molecule has 1 aliphatic rings. The Kier molecular flexibility index (Phi) is 5.31. The standard InChI is InChI=1S/C15H23NO5S/c1-5-12-10-16(6-7-21-12)22(17,18)15-9-14(20-4)13(19-3)8-11(15)2/h8-9,12H,5-7,10H2,1-4H3. The SMILES string of the molecule is CCC1CN(S(=O)(=O)c2cc(OC)c(OC)cc2C)CCO1. The third kappa shape index (κ3) is 3.21. The largest absolute Gasteiger partial charge is 0.493 e. The van der Waals surface area contributed by atoms with Gasteiger partial charge in [-0.05, 0) is 25.0 Å². The van der Waals surface area contributed by atoms with Crippen molar-refractivity contribution in [1.29, 1.82) is 0 Å². The van der Waals surface area contributed by atoms with E-state index < -0.39 is 10.0 Å². The van der Waals surface area contributed by atoms with Crippen molar-refractivity contribution in [2.45, 2.75) is 31.3 Å². The molecule has 1 unspecified atom stereocenters. The zero-order valence-corrected chi connectivity index (χ0v) is 14.3. The highest BCUT2D eigenvalue weighted by atomic mass is 32.2. The minimum Gasteiger partial charge on any atom is -0.493 e. The fourth-order valence-corrected chi connectivity index (χ4v) is 4.21. The Labute approximate surface area is 132 Å². The fourth-order valence-electron chi connectivity index (χ4n) is 2.54. The molecule has 0 bridgehead atoms. The van der Waals surface area contributed by atoms with Gasteiger partial charge in [0, 0.05) is 19.2 Å². The third-order valence-electron chi connectivity index (χ3n) is 3.86. The average Bonchev–Trinajstić information content (AvgIpc) is 2.54. The molecule has 7 heteroatoms. The monoisotopic (exact) mass is 329 g/mol. The van der Waals surface area contributed by atoms with Gasteiger partial charge in [0.1, 0.15) is 0 Å². The fraction of sp³-hybridized carbons (Fsp3) is 0.600. The molecule has 0 aromatic heterocycles. The van der Waals surface area contributed by atoms with Crippen molar-refractivity contribution in [2.75, 3.05) is 33.9 Å². The highest BCUT2D eigenvalue weighted by Crippen LogP contribution is 2.34. The highest BCUT2D eigenvalue weighted by molar-refractivity contribution is 7.89. The maximum atomic E-state index is 12.9. The van der Waals surface area contributed by atoms with Crippen molar-refractivity contribution in [1.82, 2.24) is 4.31 Å². The number of sulfonamides is 1. The summed E-state index contributed by atoms with van der Waals surface area (Å²) < 4.78 is 43.3. The van der Waals surface area contributed by atoms with Crippen LogP contribution in [0.25, 0.3) is 0 Å². The summed E-state index contributed by atoms with van der Waals surface area (Å²) in [6, 6.07) is 3.21. The van der Waals surface area contributed by atoms with Gasteiger partial charge < -0.3 is 14.2 Å². The summed E-state index contributed by atoms with van der Waals surface area (Å²) in [7, 11) is -0.557. The predicted octanol–water partition coefficient (Wildman–Crippen LogP) is 1.81.